The maximum atomic E-state index is 13.3. The van der Waals surface area contributed by atoms with Crippen molar-refractivity contribution >= 4 is 17.0 Å². The van der Waals surface area contributed by atoms with Crippen molar-refractivity contribution < 1.29 is 14.3 Å². The van der Waals surface area contributed by atoms with Crippen LogP contribution in [0.3, 0.4) is 0 Å². The molecule has 1 N–H and O–H groups in total. The van der Waals surface area contributed by atoms with Crippen LogP contribution >= 0.6 is 0 Å². The lowest BCUT2D eigenvalue weighted by molar-refractivity contribution is -0.138. The lowest BCUT2D eigenvalue weighted by Gasteiger charge is -2.06. The SMILES string of the molecule is O=C(O)C1CC1c1nc2cc(F)ccc2n1C1CC1. The Bertz CT molecular complexity index is 690. The summed E-state index contributed by atoms with van der Waals surface area (Å²) in [6.45, 7) is 0. The van der Waals surface area contributed by atoms with E-state index in [1.54, 1.807) is 6.07 Å². The van der Waals surface area contributed by atoms with Crippen LogP contribution in [0.5, 0.6) is 0 Å². The number of carboxylic acid groups (broad SMARTS) is 1. The van der Waals surface area contributed by atoms with Gasteiger partial charge in [0.05, 0.1) is 17.0 Å². The number of fused-ring (bicyclic) bond motifs is 1. The Hall–Kier alpha value is -1.91. The molecule has 2 aromatic rings. The molecule has 0 radical (unpaired) electrons. The highest BCUT2D eigenvalue weighted by molar-refractivity contribution is 5.79. The van der Waals surface area contributed by atoms with E-state index in [4.69, 9.17) is 5.11 Å². The predicted molar refractivity (Wildman–Crippen MR) is 66.4 cm³/mol. The lowest BCUT2D eigenvalue weighted by Crippen LogP contribution is -2.04. The first-order valence-electron chi connectivity index (χ1n) is 6.55. The Morgan fingerprint density at radius 3 is 2.84 bits per heavy atom. The molecule has 2 saturated carbocycles. The standard InChI is InChI=1S/C14H13FN2O2/c15-7-1-4-12-11(5-7)16-13(17(12)8-2-3-8)9-6-10(9)14(18)19/h1,4-5,8-10H,2-3,6H2,(H,18,19). The molecule has 1 heterocycles. The van der Waals surface area contributed by atoms with Gasteiger partial charge in [0.15, 0.2) is 0 Å². The van der Waals surface area contributed by atoms with Crippen molar-refractivity contribution in [2.24, 2.45) is 5.92 Å². The molecule has 4 nitrogen and oxygen atoms in total. The molecule has 5 heteroatoms. The fraction of sp³-hybridized carbons (Fsp3) is 0.429. The van der Waals surface area contributed by atoms with Crippen molar-refractivity contribution in [1.82, 2.24) is 9.55 Å². The number of nitrogens with zero attached hydrogens (tertiary/aromatic N) is 2. The molecule has 2 aliphatic carbocycles. The number of imidazole rings is 1. The van der Waals surface area contributed by atoms with Crippen LogP contribution in [0.2, 0.25) is 0 Å². The zero-order valence-corrected chi connectivity index (χ0v) is 10.2. The second-order valence-corrected chi connectivity index (χ2v) is 5.49. The quantitative estimate of drug-likeness (QED) is 0.923. The summed E-state index contributed by atoms with van der Waals surface area (Å²) in [6.07, 6.45) is 2.84. The van der Waals surface area contributed by atoms with Gasteiger partial charge in [-0.1, -0.05) is 0 Å². The van der Waals surface area contributed by atoms with Crippen LogP contribution in [0.15, 0.2) is 18.2 Å². The van der Waals surface area contributed by atoms with E-state index in [2.05, 4.69) is 9.55 Å². The molecule has 0 amide bonds. The van der Waals surface area contributed by atoms with Gasteiger partial charge in [-0.05, 0) is 31.4 Å². The molecule has 4 rings (SSSR count). The summed E-state index contributed by atoms with van der Waals surface area (Å²) in [7, 11) is 0. The monoisotopic (exact) mass is 260 g/mol. The number of hydrogen-bond donors (Lipinski definition) is 1. The minimum Gasteiger partial charge on any atom is -0.481 e. The van der Waals surface area contributed by atoms with Crippen LogP contribution in [-0.2, 0) is 4.79 Å². The molecule has 0 spiro atoms. The van der Waals surface area contributed by atoms with E-state index in [0.29, 0.717) is 18.0 Å². The minimum absolute atomic E-state index is 0.00596. The first-order valence-corrected chi connectivity index (χ1v) is 6.55. The molecular weight excluding hydrogens is 247 g/mol. The van der Waals surface area contributed by atoms with E-state index >= 15 is 0 Å². The minimum atomic E-state index is -0.759. The number of hydrogen-bond acceptors (Lipinski definition) is 2. The van der Waals surface area contributed by atoms with E-state index in [1.807, 2.05) is 0 Å². The van der Waals surface area contributed by atoms with Crippen molar-refractivity contribution in [2.75, 3.05) is 0 Å². The smallest absolute Gasteiger partial charge is 0.307 e. The molecule has 98 valence electrons. The zero-order valence-electron chi connectivity index (χ0n) is 10.2. The van der Waals surface area contributed by atoms with Gasteiger partial charge in [-0.3, -0.25) is 4.79 Å². The van der Waals surface area contributed by atoms with Crippen molar-refractivity contribution in [1.29, 1.82) is 0 Å². The first kappa shape index (κ1) is 11.0. The van der Waals surface area contributed by atoms with E-state index in [-0.39, 0.29) is 17.7 Å². The molecule has 1 aromatic heterocycles. The topological polar surface area (TPSA) is 55.1 Å². The maximum absolute atomic E-state index is 13.3. The van der Waals surface area contributed by atoms with Crippen LogP contribution in [0.1, 0.15) is 37.0 Å². The Morgan fingerprint density at radius 1 is 1.42 bits per heavy atom. The number of halogens is 1. The fourth-order valence-corrected chi connectivity index (χ4v) is 2.82. The summed E-state index contributed by atoms with van der Waals surface area (Å²) < 4.78 is 15.4. The summed E-state index contributed by atoms with van der Waals surface area (Å²) in [5.74, 6) is -0.557. The number of carboxylic acids is 1. The Morgan fingerprint density at radius 2 is 2.21 bits per heavy atom. The third kappa shape index (κ3) is 1.64. The van der Waals surface area contributed by atoms with Gasteiger partial charge in [0.25, 0.3) is 0 Å². The molecule has 2 atom stereocenters. The Balaban J connectivity index is 1.85. The average molecular weight is 260 g/mol. The molecular formula is C14H13FN2O2. The van der Waals surface area contributed by atoms with Gasteiger partial charge >= 0.3 is 5.97 Å². The lowest BCUT2D eigenvalue weighted by atomic mass is 10.3. The van der Waals surface area contributed by atoms with Crippen LogP contribution in [0, 0.1) is 11.7 Å². The largest absolute Gasteiger partial charge is 0.481 e. The fourth-order valence-electron chi connectivity index (χ4n) is 2.82. The van der Waals surface area contributed by atoms with Crippen LogP contribution in [0.4, 0.5) is 4.39 Å². The third-order valence-corrected chi connectivity index (χ3v) is 4.03. The first-order chi connectivity index (χ1) is 9.15. The van der Waals surface area contributed by atoms with E-state index < -0.39 is 5.97 Å². The summed E-state index contributed by atoms with van der Waals surface area (Å²) in [5, 5.41) is 9.05. The molecule has 0 saturated heterocycles. The Kier molecular flexibility index (Phi) is 2.05. The van der Waals surface area contributed by atoms with Crippen molar-refractivity contribution in [3.05, 3.63) is 29.8 Å². The highest BCUT2D eigenvalue weighted by Crippen LogP contribution is 2.50. The van der Waals surface area contributed by atoms with Gasteiger partial charge in [0.1, 0.15) is 11.6 Å². The number of benzene rings is 1. The molecule has 2 aliphatic rings. The highest BCUT2D eigenvalue weighted by Gasteiger charge is 2.48. The van der Waals surface area contributed by atoms with E-state index in [0.717, 1.165) is 24.2 Å². The molecule has 19 heavy (non-hydrogen) atoms. The molecule has 1 aromatic carbocycles. The number of rotatable bonds is 3. The summed E-state index contributed by atoms with van der Waals surface area (Å²) >= 11 is 0. The zero-order chi connectivity index (χ0) is 13.1. The van der Waals surface area contributed by atoms with Gasteiger partial charge in [0, 0.05) is 18.0 Å². The normalized spacial score (nSPS) is 25.7. The molecule has 2 unspecified atom stereocenters. The number of aliphatic carboxylic acids is 1. The predicted octanol–water partition coefficient (Wildman–Crippen LogP) is 2.70. The van der Waals surface area contributed by atoms with Crippen LogP contribution in [-0.4, -0.2) is 20.6 Å². The average Bonchev–Trinajstić information content (AvgIpc) is 3.25. The third-order valence-electron chi connectivity index (χ3n) is 4.03. The molecule has 0 aliphatic heterocycles. The maximum Gasteiger partial charge on any atom is 0.307 e. The summed E-state index contributed by atoms with van der Waals surface area (Å²) in [4.78, 5) is 15.5. The van der Waals surface area contributed by atoms with Gasteiger partial charge in [-0.2, -0.15) is 0 Å². The number of aromatic nitrogens is 2. The summed E-state index contributed by atoms with van der Waals surface area (Å²) in [6, 6.07) is 5.03. The second-order valence-electron chi connectivity index (χ2n) is 5.49. The number of carbonyl (C=O) groups is 1. The second kappa shape index (κ2) is 3.56. The molecule has 0 bridgehead atoms. The van der Waals surface area contributed by atoms with Crippen molar-refractivity contribution in [3.63, 3.8) is 0 Å². The van der Waals surface area contributed by atoms with E-state index in [1.165, 1.54) is 12.1 Å². The van der Waals surface area contributed by atoms with Crippen LogP contribution < -0.4 is 0 Å². The Labute approximate surface area is 108 Å². The summed E-state index contributed by atoms with van der Waals surface area (Å²) in [5.41, 5.74) is 1.56. The van der Waals surface area contributed by atoms with Gasteiger partial charge in [0.2, 0.25) is 0 Å². The van der Waals surface area contributed by atoms with Gasteiger partial charge < -0.3 is 9.67 Å². The van der Waals surface area contributed by atoms with Gasteiger partial charge in [-0.25, -0.2) is 9.37 Å². The molecule has 2 fully saturated rings. The van der Waals surface area contributed by atoms with Gasteiger partial charge in [-0.15, -0.1) is 0 Å². The van der Waals surface area contributed by atoms with Crippen LogP contribution in [0.25, 0.3) is 11.0 Å². The highest BCUT2D eigenvalue weighted by atomic mass is 19.1. The van der Waals surface area contributed by atoms with Crippen molar-refractivity contribution in [3.8, 4) is 0 Å². The van der Waals surface area contributed by atoms with Crippen molar-refractivity contribution in [2.45, 2.75) is 31.2 Å². The van der Waals surface area contributed by atoms with E-state index in [9.17, 15) is 9.18 Å².